The smallest absolute Gasteiger partial charge is 0.185 e. The van der Waals surface area contributed by atoms with Crippen LogP contribution >= 0.6 is 11.3 Å². The number of ether oxygens (including phenoxy) is 1. The number of nitrogens with zero attached hydrogens (tertiary/aromatic N) is 2. The van der Waals surface area contributed by atoms with Gasteiger partial charge in [0.15, 0.2) is 5.13 Å². The Hall–Kier alpha value is -0.650. The molecule has 0 radical (unpaired) electrons. The van der Waals surface area contributed by atoms with Crippen LogP contribution in [0.3, 0.4) is 0 Å². The molecule has 4 nitrogen and oxygen atoms in total. The summed E-state index contributed by atoms with van der Waals surface area (Å²) >= 11 is 1.80. The van der Waals surface area contributed by atoms with Crippen molar-refractivity contribution in [2.24, 2.45) is 0 Å². The van der Waals surface area contributed by atoms with Gasteiger partial charge in [0.25, 0.3) is 0 Å². The lowest BCUT2D eigenvalue weighted by Crippen LogP contribution is -2.29. The van der Waals surface area contributed by atoms with Crippen molar-refractivity contribution in [3.05, 3.63) is 11.1 Å². The van der Waals surface area contributed by atoms with Crippen molar-refractivity contribution >= 4 is 16.5 Å². The summed E-state index contributed by atoms with van der Waals surface area (Å²) in [6.45, 7) is 7.03. The highest BCUT2D eigenvalue weighted by atomic mass is 32.1. The van der Waals surface area contributed by atoms with Gasteiger partial charge in [-0.15, -0.1) is 11.3 Å². The van der Waals surface area contributed by atoms with Crippen molar-refractivity contribution < 1.29 is 4.74 Å². The minimum Gasteiger partial charge on any atom is -0.383 e. The van der Waals surface area contributed by atoms with Gasteiger partial charge in [0, 0.05) is 36.8 Å². The molecule has 0 saturated heterocycles. The van der Waals surface area contributed by atoms with Crippen molar-refractivity contribution in [3.63, 3.8) is 0 Å². The Labute approximate surface area is 113 Å². The summed E-state index contributed by atoms with van der Waals surface area (Å²) in [5.74, 6) is 0. The normalized spacial score (nSPS) is 16.8. The van der Waals surface area contributed by atoms with E-state index in [1.54, 1.807) is 18.4 Å². The topological polar surface area (TPSA) is 37.4 Å². The predicted molar refractivity (Wildman–Crippen MR) is 76.4 cm³/mol. The van der Waals surface area contributed by atoms with Gasteiger partial charge in [0.2, 0.25) is 0 Å². The molecule has 1 aromatic rings. The van der Waals surface area contributed by atoms with E-state index in [9.17, 15) is 0 Å². The number of rotatable bonds is 8. The third-order valence-corrected chi connectivity index (χ3v) is 4.44. The Morgan fingerprint density at radius 2 is 2.39 bits per heavy atom. The van der Waals surface area contributed by atoms with E-state index >= 15 is 0 Å². The highest BCUT2D eigenvalue weighted by molar-refractivity contribution is 7.15. The van der Waals surface area contributed by atoms with Gasteiger partial charge in [-0.2, -0.15) is 0 Å². The molecule has 102 valence electrons. The fraction of sp³-hybridized carbons (Fsp3) is 0.769. The molecule has 1 saturated carbocycles. The minimum atomic E-state index is 0.393. The zero-order valence-electron chi connectivity index (χ0n) is 11.5. The quantitative estimate of drug-likeness (QED) is 0.786. The predicted octanol–water partition coefficient (Wildman–Crippen LogP) is 2.43. The molecule has 1 atom stereocenters. The summed E-state index contributed by atoms with van der Waals surface area (Å²) in [5.41, 5.74) is 0. The second-order valence-corrected chi connectivity index (χ2v) is 5.78. The molecule has 1 fully saturated rings. The van der Waals surface area contributed by atoms with Crippen molar-refractivity contribution in [1.29, 1.82) is 0 Å². The van der Waals surface area contributed by atoms with Gasteiger partial charge in [-0.3, -0.25) is 0 Å². The average molecular weight is 269 g/mol. The number of anilines is 1. The van der Waals surface area contributed by atoms with Crippen LogP contribution in [-0.2, 0) is 4.74 Å². The fourth-order valence-electron chi connectivity index (χ4n) is 2.03. The molecule has 2 rings (SSSR count). The van der Waals surface area contributed by atoms with E-state index in [2.05, 4.69) is 29.0 Å². The Morgan fingerprint density at radius 3 is 3.00 bits per heavy atom. The van der Waals surface area contributed by atoms with Gasteiger partial charge in [0.05, 0.1) is 6.61 Å². The highest BCUT2D eigenvalue weighted by Gasteiger charge is 2.30. The number of hydrogen-bond acceptors (Lipinski definition) is 5. The first kappa shape index (κ1) is 13.8. The number of nitrogens with one attached hydrogen (secondary N) is 1. The van der Waals surface area contributed by atoms with Gasteiger partial charge in [-0.25, -0.2) is 4.98 Å². The first-order valence-corrected chi connectivity index (χ1v) is 7.52. The zero-order chi connectivity index (χ0) is 13.0. The van der Waals surface area contributed by atoms with Gasteiger partial charge < -0.3 is 15.0 Å². The summed E-state index contributed by atoms with van der Waals surface area (Å²) in [6.07, 6.45) is 4.60. The average Bonchev–Trinajstić information content (AvgIpc) is 3.07. The number of aromatic nitrogens is 1. The lowest BCUT2D eigenvalue weighted by Gasteiger charge is -2.20. The van der Waals surface area contributed by atoms with Crippen molar-refractivity contribution in [1.82, 2.24) is 10.3 Å². The molecule has 0 aliphatic heterocycles. The molecular weight excluding hydrogens is 246 g/mol. The monoisotopic (exact) mass is 269 g/mol. The van der Waals surface area contributed by atoms with E-state index in [0.717, 1.165) is 24.8 Å². The van der Waals surface area contributed by atoms with E-state index in [4.69, 9.17) is 4.74 Å². The Balaban J connectivity index is 2.01. The molecule has 18 heavy (non-hydrogen) atoms. The molecule has 1 aliphatic carbocycles. The van der Waals surface area contributed by atoms with Gasteiger partial charge in [-0.1, -0.05) is 6.92 Å². The van der Waals surface area contributed by atoms with E-state index in [-0.39, 0.29) is 0 Å². The highest BCUT2D eigenvalue weighted by Crippen LogP contribution is 2.35. The van der Waals surface area contributed by atoms with Crippen LogP contribution < -0.4 is 10.2 Å². The van der Waals surface area contributed by atoms with Crippen LogP contribution in [-0.4, -0.2) is 37.8 Å². The van der Waals surface area contributed by atoms with Crippen LogP contribution in [0.5, 0.6) is 0 Å². The molecule has 1 aliphatic rings. The summed E-state index contributed by atoms with van der Waals surface area (Å²) in [4.78, 5) is 8.30. The summed E-state index contributed by atoms with van der Waals surface area (Å²) in [6, 6.07) is 1.08. The number of hydrogen-bond donors (Lipinski definition) is 1. The Bertz CT molecular complexity index is 365. The van der Waals surface area contributed by atoms with Crippen molar-refractivity contribution in [2.75, 3.05) is 31.7 Å². The van der Waals surface area contributed by atoms with Crippen LogP contribution in [0.25, 0.3) is 0 Å². The van der Waals surface area contributed by atoms with Gasteiger partial charge in [0.1, 0.15) is 0 Å². The minimum absolute atomic E-state index is 0.393. The maximum Gasteiger partial charge on any atom is 0.185 e. The Kier molecular flexibility index (Phi) is 4.97. The summed E-state index contributed by atoms with van der Waals surface area (Å²) in [7, 11) is 1.76. The van der Waals surface area contributed by atoms with Gasteiger partial charge >= 0.3 is 0 Å². The maximum absolute atomic E-state index is 5.19. The number of methoxy groups -OCH3 is 1. The van der Waals surface area contributed by atoms with Crippen LogP contribution in [0.1, 0.15) is 37.6 Å². The largest absolute Gasteiger partial charge is 0.383 e. The molecule has 1 heterocycles. The second-order valence-electron chi connectivity index (χ2n) is 4.74. The summed E-state index contributed by atoms with van der Waals surface area (Å²) in [5, 5.41) is 4.58. The second kappa shape index (κ2) is 6.50. The van der Waals surface area contributed by atoms with E-state index < -0.39 is 0 Å². The van der Waals surface area contributed by atoms with Crippen molar-refractivity contribution in [3.8, 4) is 0 Å². The molecule has 1 unspecified atom stereocenters. The van der Waals surface area contributed by atoms with Crippen LogP contribution in [0.15, 0.2) is 6.20 Å². The third kappa shape index (κ3) is 3.43. The van der Waals surface area contributed by atoms with E-state index in [1.165, 1.54) is 17.7 Å². The van der Waals surface area contributed by atoms with Crippen LogP contribution in [0.2, 0.25) is 0 Å². The molecule has 0 bridgehead atoms. The fourth-order valence-corrected chi connectivity index (χ4v) is 3.07. The van der Waals surface area contributed by atoms with Crippen molar-refractivity contribution in [2.45, 2.75) is 38.8 Å². The standard InChI is InChI=1S/C13H23N3OS/c1-4-14-10(2)12-9-15-13(18-12)16(7-8-17-3)11-5-6-11/h9-11,14H,4-8H2,1-3H3. The first-order valence-electron chi connectivity index (χ1n) is 6.71. The molecule has 1 N–H and O–H groups in total. The molecule has 1 aromatic heterocycles. The molecule has 0 amide bonds. The molecule has 5 heteroatoms. The third-order valence-electron chi connectivity index (χ3n) is 3.22. The van der Waals surface area contributed by atoms with E-state index in [1.807, 2.05) is 6.20 Å². The lowest BCUT2D eigenvalue weighted by molar-refractivity contribution is 0.205. The molecule has 0 aromatic carbocycles. The summed E-state index contributed by atoms with van der Waals surface area (Å²) < 4.78 is 5.19. The molecule has 0 spiro atoms. The van der Waals surface area contributed by atoms with Crippen LogP contribution in [0.4, 0.5) is 5.13 Å². The molecular formula is C13H23N3OS. The number of thiazole rings is 1. The van der Waals surface area contributed by atoms with Crippen LogP contribution in [0, 0.1) is 0 Å². The van der Waals surface area contributed by atoms with E-state index in [0.29, 0.717) is 12.1 Å². The lowest BCUT2D eigenvalue weighted by atomic mass is 10.3. The Morgan fingerprint density at radius 1 is 1.61 bits per heavy atom. The first-order chi connectivity index (χ1) is 8.76. The maximum atomic E-state index is 5.19. The van der Waals surface area contributed by atoms with Gasteiger partial charge in [-0.05, 0) is 26.3 Å². The SMILES string of the molecule is CCNC(C)c1cnc(N(CCOC)C2CC2)s1. The zero-order valence-corrected chi connectivity index (χ0v) is 12.3.